The van der Waals surface area contributed by atoms with Gasteiger partial charge in [-0.05, 0) is 78.4 Å². The van der Waals surface area contributed by atoms with E-state index in [1.165, 1.54) is 11.1 Å². The molecular weight excluding hydrogens is 512 g/mol. The van der Waals surface area contributed by atoms with Crippen molar-refractivity contribution in [3.63, 3.8) is 0 Å². The lowest BCUT2D eigenvalue weighted by Crippen LogP contribution is -2.00. The average molecular weight is 545 g/mol. The molecule has 2 heterocycles. The molecule has 6 rings (SSSR count). The number of pyridine rings is 1. The molecule has 0 saturated carbocycles. The van der Waals surface area contributed by atoms with Gasteiger partial charge in [0.2, 0.25) is 0 Å². The molecular formula is C38H32N4. The molecule has 42 heavy (non-hydrogen) atoms. The summed E-state index contributed by atoms with van der Waals surface area (Å²) in [5, 5.41) is 0. The van der Waals surface area contributed by atoms with Gasteiger partial charge in [-0.15, -0.1) is 0 Å². The highest BCUT2D eigenvalue weighted by Gasteiger charge is 2.15. The molecule has 204 valence electrons. The maximum absolute atomic E-state index is 5.01. The first-order valence-electron chi connectivity index (χ1n) is 14.3. The monoisotopic (exact) mass is 544 g/mol. The number of hydrogen-bond acceptors (Lipinski definition) is 4. The maximum Gasteiger partial charge on any atom is 0.164 e. The number of aryl methyl sites for hydroxylation is 2. The second-order valence-corrected chi connectivity index (χ2v) is 10.4. The molecule has 4 nitrogen and oxygen atoms in total. The predicted octanol–water partition coefficient (Wildman–Crippen LogP) is 9.64. The molecule has 0 spiro atoms. The van der Waals surface area contributed by atoms with Crippen LogP contribution < -0.4 is 0 Å². The second kappa shape index (κ2) is 12.1. The van der Waals surface area contributed by atoms with E-state index in [1.54, 1.807) is 0 Å². The van der Waals surface area contributed by atoms with Gasteiger partial charge in [0.05, 0.1) is 0 Å². The zero-order chi connectivity index (χ0) is 28.9. The van der Waals surface area contributed by atoms with Crippen molar-refractivity contribution in [1.82, 2.24) is 19.9 Å². The minimum Gasteiger partial charge on any atom is -0.261 e. The normalized spacial score (nSPS) is 11.2. The van der Waals surface area contributed by atoms with E-state index in [4.69, 9.17) is 15.0 Å². The van der Waals surface area contributed by atoms with Crippen molar-refractivity contribution in [1.29, 1.82) is 0 Å². The Balaban J connectivity index is 1.59. The Bertz CT molecular complexity index is 1820. The van der Waals surface area contributed by atoms with Crippen molar-refractivity contribution in [2.45, 2.75) is 27.2 Å². The standard InChI is InChI=1S/C38H32N4/c1-4-5-13-30-22-31(20-19-26(30)2)32-23-33(35-18-12-21-39-27(35)3)25-34(24-32)38-41-36(28-14-8-6-9-15-28)40-37(42-38)29-16-10-7-11-17-29/h5-25H,4H2,1-3H3/b13-5-. The van der Waals surface area contributed by atoms with Crippen molar-refractivity contribution in [3.8, 4) is 56.4 Å². The highest BCUT2D eigenvalue weighted by molar-refractivity contribution is 5.82. The Morgan fingerprint density at radius 1 is 0.548 bits per heavy atom. The summed E-state index contributed by atoms with van der Waals surface area (Å²) in [7, 11) is 0. The van der Waals surface area contributed by atoms with Crippen LogP contribution in [0.4, 0.5) is 0 Å². The summed E-state index contributed by atoms with van der Waals surface area (Å²) in [5.41, 5.74) is 10.7. The fraction of sp³-hybridized carbons (Fsp3) is 0.105. The molecule has 4 heteroatoms. The molecule has 0 N–H and O–H groups in total. The van der Waals surface area contributed by atoms with Crippen LogP contribution in [-0.2, 0) is 0 Å². The van der Waals surface area contributed by atoms with Crippen LogP contribution in [0, 0.1) is 13.8 Å². The summed E-state index contributed by atoms with van der Waals surface area (Å²) in [5.74, 6) is 1.92. The van der Waals surface area contributed by atoms with E-state index in [1.807, 2.05) is 79.9 Å². The first-order valence-corrected chi connectivity index (χ1v) is 14.3. The second-order valence-electron chi connectivity index (χ2n) is 10.4. The van der Waals surface area contributed by atoms with Crippen LogP contribution in [0.5, 0.6) is 0 Å². The number of benzene rings is 4. The minimum atomic E-state index is 0.630. The number of aromatic nitrogens is 4. The predicted molar refractivity (Wildman–Crippen MR) is 174 cm³/mol. The van der Waals surface area contributed by atoms with E-state index in [0.717, 1.165) is 51.1 Å². The Labute approximate surface area is 247 Å². The van der Waals surface area contributed by atoms with Crippen LogP contribution in [0.1, 0.15) is 30.2 Å². The number of hydrogen-bond donors (Lipinski definition) is 0. The summed E-state index contributed by atoms with van der Waals surface area (Å²) in [4.78, 5) is 19.5. The van der Waals surface area contributed by atoms with Gasteiger partial charge in [-0.1, -0.05) is 97.9 Å². The fourth-order valence-electron chi connectivity index (χ4n) is 5.05. The Hall–Kier alpha value is -5.22. The van der Waals surface area contributed by atoms with Gasteiger partial charge in [0.25, 0.3) is 0 Å². The largest absolute Gasteiger partial charge is 0.261 e. The number of allylic oxidation sites excluding steroid dienone is 1. The molecule has 0 amide bonds. The Kier molecular flexibility index (Phi) is 7.78. The molecule has 4 aromatic carbocycles. The first kappa shape index (κ1) is 27.0. The van der Waals surface area contributed by atoms with E-state index in [2.05, 4.69) is 73.4 Å². The van der Waals surface area contributed by atoms with Gasteiger partial charge < -0.3 is 0 Å². The highest BCUT2D eigenvalue weighted by atomic mass is 15.0. The Morgan fingerprint density at radius 3 is 1.76 bits per heavy atom. The average Bonchev–Trinajstić information content (AvgIpc) is 3.05. The van der Waals surface area contributed by atoms with Gasteiger partial charge in [0, 0.05) is 34.1 Å². The quantitative estimate of drug-likeness (QED) is 0.201. The van der Waals surface area contributed by atoms with E-state index < -0.39 is 0 Å². The number of nitrogens with zero attached hydrogens (tertiary/aromatic N) is 4. The van der Waals surface area contributed by atoms with Gasteiger partial charge in [-0.3, -0.25) is 4.98 Å². The lowest BCUT2D eigenvalue weighted by atomic mass is 9.93. The maximum atomic E-state index is 5.01. The van der Waals surface area contributed by atoms with E-state index in [0.29, 0.717) is 17.5 Å². The van der Waals surface area contributed by atoms with Gasteiger partial charge in [0.1, 0.15) is 0 Å². The first-order chi connectivity index (χ1) is 20.6. The van der Waals surface area contributed by atoms with E-state index in [-0.39, 0.29) is 0 Å². The smallest absolute Gasteiger partial charge is 0.164 e. The van der Waals surface area contributed by atoms with Crippen molar-refractivity contribution in [2.24, 2.45) is 0 Å². The van der Waals surface area contributed by atoms with Gasteiger partial charge in [0.15, 0.2) is 17.5 Å². The zero-order valence-electron chi connectivity index (χ0n) is 24.1. The molecule has 0 radical (unpaired) electrons. The molecule has 0 aliphatic carbocycles. The molecule has 6 aromatic rings. The van der Waals surface area contributed by atoms with Crippen LogP contribution >= 0.6 is 0 Å². The lowest BCUT2D eigenvalue weighted by Gasteiger charge is -2.14. The summed E-state index contributed by atoms with van der Waals surface area (Å²) >= 11 is 0. The number of rotatable bonds is 7. The van der Waals surface area contributed by atoms with Crippen LogP contribution in [0.15, 0.2) is 121 Å². The van der Waals surface area contributed by atoms with Gasteiger partial charge in [-0.25, -0.2) is 15.0 Å². The molecule has 0 unspecified atom stereocenters. The molecule has 0 fully saturated rings. The highest BCUT2D eigenvalue weighted by Crippen LogP contribution is 2.34. The zero-order valence-corrected chi connectivity index (χ0v) is 24.1. The Morgan fingerprint density at radius 2 is 1.14 bits per heavy atom. The third-order valence-corrected chi connectivity index (χ3v) is 7.35. The third kappa shape index (κ3) is 5.79. The molecule has 0 bridgehead atoms. The summed E-state index contributed by atoms with van der Waals surface area (Å²) in [6, 6.07) is 37.5. The van der Waals surface area contributed by atoms with Gasteiger partial charge >= 0.3 is 0 Å². The summed E-state index contributed by atoms with van der Waals surface area (Å²) < 4.78 is 0. The molecule has 0 atom stereocenters. The SMILES string of the molecule is CC/C=C\c1cc(-c2cc(-c3nc(-c4ccccc4)nc(-c4ccccc4)n3)cc(-c3cccnc3C)c2)ccc1C. The van der Waals surface area contributed by atoms with Crippen LogP contribution in [-0.4, -0.2) is 19.9 Å². The van der Waals surface area contributed by atoms with Crippen molar-refractivity contribution >= 4 is 6.08 Å². The third-order valence-electron chi connectivity index (χ3n) is 7.35. The summed E-state index contributed by atoms with van der Waals surface area (Å²) in [6.45, 7) is 6.36. The topological polar surface area (TPSA) is 51.6 Å². The van der Waals surface area contributed by atoms with Gasteiger partial charge in [-0.2, -0.15) is 0 Å². The van der Waals surface area contributed by atoms with Crippen LogP contribution in [0.25, 0.3) is 62.5 Å². The molecule has 0 aliphatic heterocycles. The molecule has 0 aliphatic rings. The fourth-order valence-corrected chi connectivity index (χ4v) is 5.05. The van der Waals surface area contributed by atoms with E-state index >= 15 is 0 Å². The molecule has 2 aromatic heterocycles. The lowest BCUT2D eigenvalue weighted by molar-refractivity contribution is 1.07. The minimum absolute atomic E-state index is 0.630. The van der Waals surface area contributed by atoms with Crippen LogP contribution in [0.3, 0.4) is 0 Å². The van der Waals surface area contributed by atoms with Crippen molar-refractivity contribution in [2.75, 3.05) is 0 Å². The van der Waals surface area contributed by atoms with E-state index in [9.17, 15) is 0 Å². The van der Waals surface area contributed by atoms with Crippen molar-refractivity contribution in [3.05, 3.63) is 138 Å². The van der Waals surface area contributed by atoms with Crippen molar-refractivity contribution < 1.29 is 0 Å². The molecule has 0 saturated heterocycles. The summed E-state index contributed by atoms with van der Waals surface area (Å²) in [6.07, 6.45) is 7.24. The van der Waals surface area contributed by atoms with Crippen LogP contribution in [0.2, 0.25) is 0 Å².